The van der Waals surface area contributed by atoms with E-state index in [1.54, 1.807) is 36.5 Å². The Morgan fingerprint density at radius 1 is 1.00 bits per heavy atom. The lowest BCUT2D eigenvalue weighted by molar-refractivity contribution is 0.366. The van der Waals surface area contributed by atoms with Gasteiger partial charge in [-0.2, -0.15) is 4.98 Å². The molecule has 0 radical (unpaired) electrons. The fourth-order valence-electron chi connectivity index (χ4n) is 4.15. The highest BCUT2D eigenvalue weighted by molar-refractivity contribution is 7.92. The predicted molar refractivity (Wildman–Crippen MR) is 136 cm³/mol. The standard InChI is InChI=1S/C24H30N4O4S2/c1-15-10-11-17(22-16(2)25-24(33-22)26-18-8-6-5-7-9-18)14-20(15)34(29,30)28-19-12-13-21(31-3)27-23(19)32-4/h10-14,18,28H,5-9H2,1-4H3,(H,25,26). The Morgan fingerprint density at radius 3 is 2.47 bits per heavy atom. The number of anilines is 2. The third-order valence-electron chi connectivity index (χ3n) is 5.95. The van der Waals surface area contributed by atoms with E-state index in [0.29, 0.717) is 17.5 Å². The molecular weight excluding hydrogens is 472 g/mol. The second kappa shape index (κ2) is 10.2. The zero-order valence-electron chi connectivity index (χ0n) is 19.8. The Labute approximate surface area is 204 Å². The summed E-state index contributed by atoms with van der Waals surface area (Å²) in [6, 6.07) is 9.06. The summed E-state index contributed by atoms with van der Waals surface area (Å²) < 4.78 is 39.6. The molecule has 1 fully saturated rings. The minimum atomic E-state index is -3.90. The van der Waals surface area contributed by atoms with E-state index in [9.17, 15) is 8.42 Å². The minimum absolute atomic E-state index is 0.133. The summed E-state index contributed by atoms with van der Waals surface area (Å²) in [7, 11) is -0.986. The van der Waals surface area contributed by atoms with Gasteiger partial charge in [0.05, 0.1) is 29.7 Å². The van der Waals surface area contributed by atoms with Crippen molar-refractivity contribution in [1.29, 1.82) is 0 Å². The second-order valence-corrected chi connectivity index (χ2v) is 11.1. The maximum atomic E-state index is 13.3. The van der Waals surface area contributed by atoms with Gasteiger partial charge in [0.1, 0.15) is 5.69 Å². The number of sulfonamides is 1. The number of rotatable bonds is 8. The van der Waals surface area contributed by atoms with E-state index in [1.165, 1.54) is 33.5 Å². The third kappa shape index (κ3) is 5.28. The maximum absolute atomic E-state index is 13.3. The molecule has 8 nitrogen and oxygen atoms in total. The van der Waals surface area contributed by atoms with Crippen LogP contribution < -0.4 is 19.5 Å². The van der Waals surface area contributed by atoms with E-state index in [-0.39, 0.29) is 16.5 Å². The van der Waals surface area contributed by atoms with Gasteiger partial charge in [-0.25, -0.2) is 13.4 Å². The van der Waals surface area contributed by atoms with E-state index >= 15 is 0 Å². The van der Waals surface area contributed by atoms with Crippen LogP contribution in [-0.2, 0) is 10.0 Å². The molecule has 2 N–H and O–H groups in total. The lowest BCUT2D eigenvalue weighted by atomic mass is 9.96. The summed E-state index contributed by atoms with van der Waals surface area (Å²) in [5, 5.41) is 4.45. The van der Waals surface area contributed by atoms with Crippen LogP contribution in [0.15, 0.2) is 35.2 Å². The first-order valence-corrected chi connectivity index (χ1v) is 13.6. The molecule has 0 spiro atoms. The first-order chi connectivity index (χ1) is 16.3. The second-order valence-electron chi connectivity index (χ2n) is 8.41. The van der Waals surface area contributed by atoms with Crippen molar-refractivity contribution in [3.05, 3.63) is 41.6 Å². The summed E-state index contributed by atoms with van der Waals surface area (Å²) in [5.41, 5.74) is 2.57. The van der Waals surface area contributed by atoms with Crippen LogP contribution in [0, 0.1) is 13.8 Å². The monoisotopic (exact) mass is 502 g/mol. The van der Waals surface area contributed by atoms with Crippen LogP contribution in [0.1, 0.15) is 43.4 Å². The van der Waals surface area contributed by atoms with Crippen molar-refractivity contribution < 1.29 is 17.9 Å². The molecule has 3 aromatic rings. The molecule has 0 unspecified atom stereocenters. The Hall–Kier alpha value is -2.85. The highest BCUT2D eigenvalue weighted by atomic mass is 32.2. The zero-order chi connectivity index (χ0) is 24.3. The van der Waals surface area contributed by atoms with Gasteiger partial charge in [-0.3, -0.25) is 4.72 Å². The van der Waals surface area contributed by atoms with Gasteiger partial charge < -0.3 is 14.8 Å². The predicted octanol–water partition coefficient (Wildman–Crippen LogP) is 5.38. The molecular formula is C24H30N4O4S2. The number of nitrogens with zero attached hydrogens (tertiary/aromatic N) is 2. The van der Waals surface area contributed by atoms with E-state index in [0.717, 1.165) is 34.1 Å². The number of aryl methyl sites for hydroxylation is 2. The van der Waals surface area contributed by atoms with Crippen molar-refractivity contribution in [3.63, 3.8) is 0 Å². The van der Waals surface area contributed by atoms with Crippen molar-refractivity contribution in [2.24, 2.45) is 0 Å². The van der Waals surface area contributed by atoms with Crippen LogP contribution in [0.3, 0.4) is 0 Å². The van der Waals surface area contributed by atoms with Gasteiger partial charge in [0.25, 0.3) is 10.0 Å². The molecule has 2 aromatic heterocycles. The number of thiazole rings is 1. The number of pyridine rings is 1. The smallest absolute Gasteiger partial charge is 0.262 e. The molecule has 0 saturated heterocycles. The molecule has 34 heavy (non-hydrogen) atoms. The molecule has 1 aromatic carbocycles. The number of aromatic nitrogens is 2. The molecule has 0 atom stereocenters. The minimum Gasteiger partial charge on any atom is -0.481 e. The summed E-state index contributed by atoms with van der Waals surface area (Å²) >= 11 is 1.56. The highest BCUT2D eigenvalue weighted by Gasteiger charge is 2.22. The van der Waals surface area contributed by atoms with Crippen molar-refractivity contribution >= 4 is 32.2 Å². The van der Waals surface area contributed by atoms with Crippen LogP contribution in [0.2, 0.25) is 0 Å². The Bertz CT molecular complexity index is 1270. The molecule has 1 aliphatic carbocycles. The van der Waals surface area contributed by atoms with Gasteiger partial charge in [0.15, 0.2) is 5.13 Å². The number of methoxy groups -OCH3 is 2. The first-order valence-electron chi connectivity index (χ1n) is 11.3. The zero-order valence-corrected chi connectivity index (χ0v) is 21.5. The van der Waals surface area contributed by atoms with Gasteiger partial charge in [-0.05, 0) is 49.9 Å². The normalized spacial score (nSPS) is 14.6. The fraction of sp³-hybridized carbons (Fsp3) is 0.417. The largest absolute Gasteiger partial charge is 0.481 e. The molecule has 1 aliphatic rings. The van der Waals surface area contributed by atoms with Crippen LogP contribution in [0.25, 0.3) is 10.4 Å². The highest BCUT2D eigenvalue weighted by Crippen LogP contribution is 2.36. The average molecular weight is 503 g/mol. The number of nitrogens with one attached hydrogen (secondary N) is 2. The number of hydrogen-bond donors (Lipinski definition) is 2. The number of hydrogen-bond acceptors (Lipinski definition) is 8. The number of ether oxygens (including phenoxy) is 2. The molecule has 0 bridgehead atoms. The SMILES string of the molecule is COc1ccc(NS(=O)(=O)c2cc(-c3sc(NC4CCCCC4)nc3C)ccc2C)c(OC)n1. The van der Waals surface area contributed by atoms with E-state index in [4.69, 9.17) is 14.5 Å². The Balaban J connectivity index is 1.62. The van der Waals surface area contributed by atoms with Crippen LogP contribution >= 0.6 is 11.3 Å². The van der Waals surface area contributed by atoms with Crippen molar-refractivity contribution in [2.75, 3.05) is 24.3 Å². The average Bonchev–Trinajstić information content (AvgIpc) is 3.19. The fourth-order valence-corrected chi connectivity index (χ4v) is 6.52. The van der Waals surface area contributed by atoms with E-state index < -0.39 is 10.0 Å². The van der Waals surface area contributed by atoms with Gasteiger partial charge in [0.2, 0.25) is 11.8 Å². The Kier molecular flexibility index (Phi) is 7.27. The molecule has 4 rings (SSSR count). The lowest BCUT2D eigenvalue weighted by Crippen LogP contribution is -2.21. The lowest BCUT2D eigenvalue weighted by Gasteiger charge is -2.22. The summed E-state index contributed by atoms with van der Waals surface area (Å²) in [6.45, 7) is 3.73. The Morgan fingerprint density at radius 2 is 1.76 bits per heavy atom. The molecule has 1 saturated carbocycles. The topological polar surface area (TPSA) is 102 Å². The van der Waals surface area contributed by atoms with Crippen LogP contribution in [0.5, 0.6) is 11.8 Å². The quantitative estimate of drug-likeness (QED) is 0.426. The summed E-state index contributed by atoms with van der Waals surface area (Å²) in [6.07, 6.45) is 6.12. The van der Waals surface area contributed by atoms with E-state index in [2.05, 4.69) is 15.0 Å². The molecule has 0 amide bonds. The van der Waals surface area contributed by atoms with Gasteiger partial charge in [0, 0.05) is 12.1 Å². The van der Waals surface area contributed by atoms with Crippen molar-refractivity contribution in [3.8, 4) is 22.2 Å². The van der Waals surface area contributed by atoms with E-state index in [1.807, 2.05) is 19.1 Å². The number of benzene rings is 1. The molecule has 2 heterocycles. The van der Waals surface area contributed by atoms with Crippen LogP contribution in [0.4, 0.5) is 10.8 Å². The van der Waals surface area contributed by atoms with Crippen molar-refractivity contribution in [1.82, 2.24) is 9.97 Å². The maximum Gasteiger partial charge on any atom is 0.262 e. The summed E-state index contributed by atoms with van der Waals surface area (Å²) in [4.78, 5) is 10.0. The molecule has 0 aliphatic heterocycles. The van der Waals surface area contributed by atoms with Crippen molar-refractivity contribution in [2.45, 2.75) is 56.9 Å². The molecule has 182 valence electrons. The van der Waals surface area contributed by atoms with Crippen LogP contribution in [-0.4, -0.2) is 38.6 Å². The van der Waals surface area contributed by atoms with Gasteiger partial charge in [-0.1, -0.05) is 42.7 Å². The summed E-state index contributed by atoms with van der Waals surface area (Å²) in [5.74, 6) is 0.463. The third-order valence-corrected chi connectivity index (χ3v) is 8.60. The first kappa shape index (κ1) is 24.3. The molecule has 10 heteroatoms. The van der Waals surface area contributed by atoms with Gasteiger partial charge in [-0.15, -0.1) is 0 Å². The van der Waals surface area contributed by atoms with Gasteiger partial charge >= 0.3 is 0 Å².